The maximum atomic E-state index is 13.9. The van der Waals surface area contributed by atoms with Crippen molar-refractivity contribution < 1.29 is 14.3 Å². The van der Waals surface area contributed by atoms with Gasteiger partial charge in [0.15, 0.2) is 5.13 Å². The number of anilines is 2. The van der Waals surface area contributed by atoms with Crippen molar-refractivity contribution in [3.63, 3.8) is 0 Å². The zero-order valence-electron chi connectivity index (χ0n) is 11.5. The molecule has 2 aromatic rings. The SMILES string of the molecule is CN(c1nc2c(s1)CCCC2C(=O)O)c1ccccc1F. The third-order valence-corrected chi connectivity index (χ3v) is 4.95. The first kappa shape index (κ1) is 14.0. The molecule has 0 bridgehead atoms. The number of hydrogen-bond acceptors (Lipinski definition) is 4. The smallest absolute Gasteiger partial charge is 0.312 e. The van der Waals surface area contributed by atoms with Crippen LogP contribution in [-0.4, -0.2) is 23.1 Å². The van der Waals surface area contributed by atoms with E-state index < -0.39 is 11.9 Å². The zero-order chi connectivity index (χ0) is 15.0. The Labute approximate surface area is 125 Å². The summed E-state index contributed by atoms with van der Waals surface area (Å²) in [5.41, 5.74) is 1.09. The summed E-state index contributed by atoms with van der Waals surface area (Å²) in [5, 5.41) is 9.92. The van der Waals surface area contributed by atoms with Crippen LogP contribution >= 0.6 is 11.3 Å². The topological polar surface area (TPSA) is 53.4 Å². The van der Waals surface area contributed by atoms with Gasteiger partial charge in [0.2, 0.25) is 0 Å². The van der Waals surface area contributed by atoms with Crippen LogP contribution in [0.2, 0.25) is 0 Å². The van der Waals surface area contributed by atoms with E-state index in [4.69, 9.17) is 0 Å². The lowest BCUT2D eigenvalue weighted by molar-refractivity contribution is -0.139. The minimum Gasteiger partial charge on any atom is -0.481 e. The first-order valence-corrected chi connectivity index (χ1v) is 7.60. The van der Waals surface area contributed by atoms with E-state index in [-0.39, 0.29) is 5.82 Å². The molecule has 1 aromatic heterocycles. The second kappa shape index (κ2) is 5.44. The van der Waals surface area contributed by atoms with E-state index in [1.54, 1.807) is 30.1 Å². The van der Waals surface area contributed by atoms with E-state index in [1.165, 1.54) is 17.4 Å². The summed E-state index contributed by atoms with van der Waals surface area (Å²) in [7, 11) is 1.75. The number of carboxylic acid groups (broad SMARTS) is 1. The van der Waals surface area contributed by atoms with E-state index in [2.05, 4.69) is 4.98 Å². The largest absolute Gasteiger partial charge is 0.481 e. The molecule has 6 heteroatoms. The minimum absolute atomic E-state index is 0.317. The number of halogens is 1. The number of para-hydroxylation sites is 1. The number of carboxylic acids is 1. The molecular formula is C15H15FN2O2S. The quantitative estimate of drug-likeness (QED) is 0.942. The molecule has 4 nitrogen and oxygen atoms in total. The van der Waals surface area contributed by atoms with Crippen molar-refractivity contribution >= 4 is 28.1 Å². The van der Waals surface area contributed by atoms with Crippen LogP contribution in [0, 0.1) is 5.82 Å². The van der Waals surface area contributed by atoms with Gasteiger partial charge in [-0.3, -0.25) is 4.79 Å². The second-order valence-electron chi connectivity index (χ2n) is 5.10. The maximum absolute atomic E-state index is 13.9. The third kappa shape index (κ3) is 2.51. The highest BCUT2D eigenvalue weighted by Crippen LogP contribution is 2.39. The fraction of sp³-hybridized carbons (Fsp3) is 0.333. The van der Waals surface area contributed by atoms with E-state index in [9.17, 15) is 14.3 Å². The van der Waals surface area contributed by atoms with Crippen molar-refractivity contribution in [1.82, 2.24) is 4.98 Å². The summed E-state index contributed by atoms with van der Waals surface area (Å²) in [6.45, 7) is 0. The van der Waals surface area contributed by atoms with Crippen LogP contribution in [0.25, 0.3) is 0 Å². The van der Waals surface area contributed by atoms with Crippen LogP contribution < -0.4 is 4.90 Å². The molecule has 1 aliphatic carbocycles. The normalized spacial score (nSPS) is 17.3. The Morgan fingerprint density at radius 1 is 1.48 bits per heavy atom. The molecular weight excluding hydrogens is 291 g/mol. The van der Waals surface area contributed by atoms with Gasteiger partial charge in [0, 0.05) is 11.9 Å². The number of aryl methyl sites for hydroxylation is 1. The molecule has 1 aliphatic rings. The van der Waals surface area contributed by atoms with Crippen LogP contribution in [0.3, 0.4) is 0 Å². The van der Waals surface area contributed by atoms with E-state index in [0.717, 1.165) is 17.7 Å². The lowest BCUT2D eigenvalue weighted by Crippen LogP contribution is -2.17. The third-order valence-electron chi connectivity index (χ3n) is 3.74. The number of hydrogen-bond donors (Lipinski definition) is 1. The molecule has 0 saturated carbocycles. The fourth-order valence-corrected chi connectivity index (χ4v) is 3.75. The maximum Gasteiger partial charge on any atom is 0.312 e. The Hall–Kier alpha value is -1.95. The van der Waals surface area contributed by atoms with Gasteiger partial charge in [-0.25, -0.2) is 9.37 Å². The van der Waals surface area contributed by atoms with Gasteiger partial charge in [-0.2, -0.15) is 0 Å². The Balaban J connectivity index is 1.98. The Bertz CT molecular complexity index is 686. The number of carbonyl (C=O) groups is 1. The molecule has 110 valence electrons. The van der Waals surface area contributed by atoms with Gasteiger partial charge in [-0.05, 0) is 31.4 Å². The lowest BCUT2D eigenvalue weighted by atomic mass is 9.91. The van der Waals surface area contributed by atoms with Gasteiger partial charge in [-0.15, -0.1) is 11.3 Å². The molecule has 0 saturated heterocycles. The number of rotatable bonds is 3. The van der Waals surface area contributed by atoms with Gasteiger partial charge in [0.05, 0.1) is 11.4 Å². The number of fused-ring (bicyclic) bond motifs is 1. The van der Waals surface area contributed by atoms with E-state index >= 15 is 0 Å². The number of aliphatic carboxylic acids is 1. The Kier molecular flexibility index (Phi) is 3.63. The number of nitrogens with zero attached hydrogens (tertiary/aromatic N) is 2. The van der Waals surface area contributed by atoms with Crippen LogP contribution in [0.5, 0.6) is 0 Å². The number of thiazole rings is 1. The van der Waals surface area contributed by atoms with E-state index in [1.807, 2.05) is 0 Å². The molecule has 1 unspecified atom stereocenters. The standard InChI is InChI=1S/C15H15FN2O2S/c1-18(11-7-3-2-6-10(11)16)15-17-13-9(14(19)20)5-4-8-12(13)21-15/h2-3,6-7,9H,4-5,8H2,1H3,(H,19,20). The molecule has 0 fully saturated rings. The predicted molar refractivity (Wildman–Crippen MR) is 79.9 cm³/mol. The summed E-state index contributed by atoms with van der Waals surface area (Å²) in [6.07, 6.45) is 2.33. The van der Waals surface area contributed by atoms with Gasteiger partial charge < -0.3 is 10.0 Å². The van der Waals surface area contributed by atoms with Gasteiger partial charge in [0.1, 0.15) is 11.7 Å². The highest BCUT2D eigenvalue weighted by Gasteiger charge is 2.30. The number of aromatic nitrogens is 1. The van der Waals surface area contributed by atoms with Crippen LogP contribution in [0.1, 0.15) is 29.3 Å². The average Bonchev–Trinajstić information content (AvgIpc) is 2.90. The van der Waals surface area contributed by atoms with Crippen molar-refractivity contribution in [3.8, 4) is 0 Å². The van der Waals surface area contributed by atoms with Crippen molar-refractivity contribution in [3.05, 3.63) is 40.7 Å². The van der Waals surface area contributed by atoms with Crippen LogP contribution in [-0.2, 0) is 11.2 Å². The molecule has 0 aliphatic heterocycles. The molecule has 1 aromatic carbocycles. The van der Waals surface area contributed by atoms with Crippen molar-refractivity contribution in [1.29, 1.82) is 0 Å². The molecule has 0 amide bonds. The Morgan fingerprint density at radius 3 is 2.95 bits per heavy atom. The van der Waals surface area contributed by atoms with Crippen molar-refractivity contribution in [2.45, 2.75) is 25.2 Å². The first-order chi connectivity index (χ1) is 10.1. The molecule has 0 spiro atoms. The zero-order valence-corrected chi connectivity index (χ0v) is 12.4. The molecule has 1 heterocycles. The number of benzene rings is 1. The van der Waals surface area contributed by atoms with Gasteiger partial charge in [-0.1, -0.05) is 12.1 Å². The van der Waals surface area contributed by atoms with Gasteiger partial charge in [0.25, 0.3) is 0 Å². The summed E-state index contributed by atoms with van der Waals surface area (Å²) >= 11 is 1.45. The molecule has 21 heavy (non-hydrogen) atoms. The summed E-state index contributed by atoms with van der Waals surface area (Å²) in [5.74, 6) is -1.68. The average molecular weight is 306 g/mol. The summed E-state index contributed by atoms with van der Waals surface area (Å²) in [4.78, 5) is 18.5. The molecule has 1 N–H and O–H groups in total. The van der Waals surface area contributed by atoms with Gasteiger partial charge >= 0.3 is 5.97 Å². The van der Waals surface area contributed by atoms with Crippen LogP contribution in [0.15, 0.2) is 24.3 Å². The molecule has 1 atom stereocenters. The highest BCUT2D eigenvalue weighted by atomic mass is 32.1. The highest BCUT2D eigenvalue weighted by molar-refractivity contribution is 7.15. The fourth-order valence-electron chi connectivity index (χ4n) is 2.62. The second-order valence-corrected chi connectivity index (χ2v) is 6.16. The Morgan fingerprint density at radius 2 is 2.24 bits per heavy atom. The molecule has 3 rings (SSSR count). The lowest BCUT2D eigenvalue weighted by Gasteiger charge is -2.17. The monoisotopic (exact) mass is 306 g/mol. The van der Waals surface area contributed by atoms with Crippen molar-refractivity contribution in [2.24, 2.45) is 0 Å². The van der Waals surface area contributed by atoms with Crippen LogP contribution in [0.4, 0.5) is 15.2 Å². The summed E-state index contributed by atoms with van der Waals surface area (Å²) in [6, 6.07) is 6.49. The first-order valence-electron chi connectivity index (χ1n) is 6.78. The summed E-state index contributed by atoms with van der Waals surface area (Å²) < 4.78 is 13.9. The minimum atomic E-state index is -0.832. The molecule has 0 radical (unpaired) electrons. The predicted octanol–water partition coefficient (Wildman–Crippen LogP) is 3.55. The van der Waals surface area contributed by atoms with E-state index in [0.29, 0.717) is 22.9 Å². The van der Waals surface area contributed by atoms with Crippen molar-refractivity contribution in [2.75, 3.05) is 11.9 Å².